The highest BCUT2D eigenvalue weighted by atomic mass is 32.2. The minimum Gasteiger partial charge on any atom is -0.508 e. The number of aromatic hydroxyl groups is 1. The van der Waals surface area contributed by atoms with Gasteiger partial charge in [0.15, 0.2) is 0 Å². The molecule has 4 aromatic rings. The number of hydrogen-bond acceptors (Lipinski definition) is 7. The summed E-state index contributed by atoms with van der Waals surface area (Å²) in [5.41, 5.74) is 15.3. The molecule has 0 spiro atoms. The van der Waals surface area contributed by atoms with Crippen LogP contribution in [0.1, 0.15) is 21.9 Å². The number of amides is 1. The van der Waals surface area contributed by atoms with Gasteiger partial charge in [0.05, 0.1) is 11.3 Å². The van der Waals surface area contributed by atoms with Crippen LogP contribution in [0.3, 0.4) is 0 Å². The summed E-state index contributed by atoms with van der Waals surface area (Å²) < 4.78 is 0. The number of pyridine rings is 1. The fourth-order valence-electron chi connectivity index (χ4n) is 3.64. The molecule has 4 rings (SSSR count). The van der Waals surface area contributed by atoms with E-state index in [-0.39, 0.29) is 33.8 Å². The number of hydrogen-bond donors (Lipinski definition) is 4. The van der Waals surface area contributed by atoms with Gasteiger partial charge in [-0.25, -0.2) is 4.98 Å². The lowest BCUT2D eigenvalue weighted by molar-refractivity contribution is -0.120. The van der Waals surface area contributed by atoms with E-state index in [9.17, 15) is 15.2 Å². The Hall–Kier alpha value is -4.48. The molecule has 0 aliphatic heterocycles. The number of carbonyl (C=O) groups is 1. The van der Waals surface area contributed by atoms with Crippen LogP contribution in [0, 0.1) is 11.3 Å². The van der Waals surface area contributed by atoms with E-state index in [0.717, 1.165) is 22.9 Å². The van der Waals surface area contributed by atoms with Crippen molar-refractivity contribution in [2.24, 2.45) is 0 Å². The molecule has 3 aromatic carbocycles. The second-order valence-electron chi connectivity index (χ2n) is 7.74. The molecule has 35 heavy (non-hydrogen) atoms. The molecule has 1 aromatic heterocycles. The minimum absolute atomic E-state index is 0.0258. The molecular weight excluding hydrogens is 458 g/mol. The molecule has 0 aliphatic carbocycles. The van der Waals surface area contributed by atoms with Crippen LogP contribution in [0.2, 0.25) is 0 Å². The Bertz CT molecular complexity index is 1390. The molecule has 6 N–H and O–H groups in total. The maximum absolute atomic E-state index is 13.3. The second-order valence-corrected chi connectivity index (χ2v) is 8.83. The molecule has 0 aliphatic rings. The first-order chi connectivity index (χ1) is 17.0. The lowest BCUT2D eigenvalue weighted by atomic mass is 10.00. The fraction of sp³-hybridized carbons (Fsp3) is 0.0741. The Morgan fingerprint density at radius 3 is 2.37 bits per heavy atom. The van der Waals surface area contributed by atoms with Crippen molar-refractivity contribution in [3.8, 4) is 22.9 Å². The smallest absolute Gasteiger partial charge is 0.238 e. The number of nitriles is 1. The van der Waals surface area contributed by atoms with Gasteiger partial charge in [-0.1, -0.05) is 84.6 Å². The van der Waals surface area contributed by atoms with Crippen LogP contribution in [0.25, 0.3) is 11.1 Å². The number of phenolic OH excluding ortho intramolecular Hbond substituents is 1. The van der Waals surface area contributed by atoms with Gasteiger partial charge in [0.2, 0.25) is 5.91 Å². The van der Waals surface area contributed by atoms with E-state index in [4.69, 9.17) is 11.5 Å². The molecule has 0 saturated carbocycles. The summed E-state index contributed by atoms with van der Waals surface area (Å²) in [6.07, 6.45) is 0. The molecule has 1 heterocycles. The summed E-state index contributed by atoms with van der Waals surface area (Å²) >= 11 is 1.13. The highest BCUT2D eigenvalue weighted by Crippen LogP contribution is 2.43. The zero-order valence-electron chi connectivity index (χ0n) is 18.7. The third kappa shape index (κ3) is 5.37. The summed E-state index contributed by atoms with van der Waals surface area (Å²) in [4.78, 5) is 17.7. The number of nitrogen functional groups attached to an aromatic ring is 2. The van der Waals surface area contributed by atoms with E-state index >= 15 is 0 Å². The number of carbonyl (C=O) groups excluding carboxylic acids is 1. The molecule has 0 saturated heterocycles. The predicted octanol–water partition coefficient (Wildman–Crippen LogP) is 4.64. The van der Waals surface area contributed by atoms with Crippen molar-refractivity contribution in [2.45, 2.75) is 16.8 Å². The Labute approximate surface area is 207 Å². The van der Waals surface area contributed by atoms with Gasteiger partial charge in [0.25, 0.3) is 0 Å². The number of phenols is 1. The summed E-state index contributed by atoms with van der Waals surface area (Å²) in [6.45, 7) is 0.362. The molecule has 0 fully saturated rings. The van der Waals surface area contributed by atoms with E-state index < -0.39 is 5.25 Å². The van der Waals surface area contributed by atoms with Gasteiger partial charge < -0.3 is 21.9 Å². The van der Waals surface area contributed by atoms with Gasteiger partial charge in [-0.2, -0.15) is 5.26 Å². The van der Waals surface area contributed by atoms with Gasteiger partial charge in [-0.15, -0.1) is 0 Å². The lowest BCUT2D eigenvalue weighted by Crippen LogP contribution is -2.27. The maximum atomic E-state index is 13.3. The Morgan fingerprint density at radius 1 is 1.03 bits per heavy atom. The highest BCUT2D eigenvalue weighted by Gasteiger charge is 2.27. The van der Waals surface area contributed by atoms with Crippen molar-refractivity contribution in [3.63, 3.8) is 0 Å². The van der Waals surface area contributed by atoms with Gasteiger partial charge in [-0.05, 0) is 28.8 Å². The number of anilines is 2. The van der Waals surface area contributed by atoms with Crippen LogP contribution in [0.5, 0.6) is 5.75 Å². The maximum Gasteiger partial charge on any atom is 0.238 e. The van der Waals surface area contributed by atoms with Crippen molar-refractivity contribution in [1.29, 1.82) is 5.26 Å². The molecule has 8 heteroatoms. The van der Waals surface area contributed by atoms with Crippen molar-refractivity contribution >= 4 is 29.2 Å². The van der Waals surface area contributed by atoms with E-state index in [1.165, 1.54) is 12.1 Å². The number of nitrogens with one attached hydrogen (secondary N) is 1. The van der Waals surface area contributed by atoms with Gasteiger partial charge in [0.1, 0.15) is 27.9 Å². The number of rotatable bonds is 7. The monoisotopic (exact) mass is 481 g/mol. The minimum atomic E-state index is -0.695. The number of thioether (sulfide) groups is 1. The number of benzene rings is 3. The predicted molar refractivity (Wildman–Crippen MR) is 138 cm³/mol. The van der Waals surface area contributed by atoms with E-state index in [0.29, 0.717) is 17.7 Å². The first-order valence-corrected chi connectivity index (χ1v) is 11.7. The van der Waals surface area contributed by atoms with Crippen LogP contribution in [-0.4, -0.2) is 16.0 Å². The van der Waals surface area contributed by atoms with Crippen LogP contribution in [0.15, 0.2) is 90.0 Å². The number of nitrogens with two attached hydrogens (primary N) is 2. The molecule has 1 unspecified atom stereocenters. The average Bonchev–Trinajstić information content (AvgIpc) is 2.88. The van der Waals surface area contributed by atoms with Gasteiger partial charge in [-0.3, -0.25) is 4.79 Å². The summed E-state index contributed by atoms with van der Waals surface area (Å²) in [5, 5.41) is 22.6. The normalized spacial score (nSPS) is 11.4. The Balaban J connectivity index is 1.74. The van der Waals surface area contributed by atoms with Crippen LogP contribution < -0.4 is 16.8 Å². The number of aromatic nitrogens is 1. The third-order valence-electron chi connectivity index (χ3n) is 5.36. The van der Waals surface area contributed by atoms with Crippen molar-refractivity contribution in [1.82, 2.24) is 10.3 Å². The van der Waals surface area contributed by atoms with Crippen LogP contribution >= 0.6 is 11.8 Å². The highest BCUT2D eigenvalue weighted by molar-refractivity contribution is 8.00. The van der Waals surface area contributed by atoms with Crippen LogP contribution in [0.4, 0.5) is 11.5 Å². The number of nitrogens with zero attached hydrogens (tertiary/aromatic N) is 2. The molecule has 0 radical (unpaired) electrons. The third-order valence-corrected chi connectivity index (χ3v) is 6.60. The fourth-order valence-corrected chi connectivity index (χ4v) is 4.76. The van der Waals surface area contributed by atoms with Crippen LogP contribution in [-0.2, 0) is 11.3 Å². The molecule has 174 valence electrons. The summed E-state index contributed by atoms with van der Waals surface area (Å²) in [7, 11) is 0. The Kier molecular flexibility index (Phi) is 7.19. The average molecular weight is 482 g/mol. The quantitative estimate of drug-likeness (QED) is 0.282. The molecule has 1 atom stereocenters. The molecule has 7 nitrogen and oxygen atoms in total. The first-order valence-electron chi connectivity index (χ1n) is 10.8. The van der Waals surface area contributed by atoms with E-state index in [2.05, 4.69) is 16.4 Å². The second kappa shape index (κ2) is 10.6. The lowest BCUT2D eigenvalue weighted by Gasteiger charge is -2.19. The van der Waals surface area contributed by atoms with Crippen molar-refractivity contribution in [2.75, 3.05) is 11.5 Å². The summed E-state index contributed by atoms with van der Waals surface area (Å²) in [5.74, 6) is -0.163. The SMILES string of the molecule is N#Cc1c(SC(C(=O)NCc2ccccc2)c2ccccc2)nc(N)c(N)c1-c1cccc(O)c1. The van der Waals surface area contributed by atoms with Crippen molar-refractivity contribution in [3.05, 3.63) is 102 Å². The standard InChI is InChI=1S/C27H23N5O2S/c28-15-21-22(19-12-7-13-20(33)14-19)23(29)25(30)32-27(21)35-24(18-10-5-2-6-11-18)26(34)31-16-17-8-3-1-4-9-17/h1-14,24,33H,16,29H2,(H2,30,32)(H,31,34). The Morgan fingerprint density at radius 2 is 1.71 bits per heavy atom. The molecule has 0 bridgehead atoms. The van der Waals surface area contributed by atoms with E-state index in [1.54, 1.807) is 12.1 Å². The topological polar surface area (TPSA) is 138 Å². The zero-order chi connectivity index (χ0) is 24.8. The van der Waals surface area contributed by atoms with Gasteiger partial charge in [0, 0.05) is 12.1 Å². The zero-order valence-corrected chi connectivity index (χ0v) is 19.5. The largest absolute Gasteiger partial charge is 0.508 e. The van der Waals surface area contributed by atoms with E-state index in [1.807, 2.05) is 60.7 Å². The van der Waals surface area contributed by atoms with Crippen molar-refractivity contribution < 1.29 is 9.90 Å². The summed E-state index contributed by atoms with van der Waals surface area (Å²) in [6, 6.07) is 27.4. The van der Waals surface area contributed by atoms with Gasteiger partial charge >= 0.3 is 0 Å². The first kappa shape index (κ1) is 23.7. The molecular formula is C27H23N5O2S. The molecule has 1 amide bonds.